The molecule has 2 unspecified atom stereocenters. The van der Waals surface area contributed by atoms with Crippen LogP contribution in [0.2, 0.25) is 5.02 Å². The summed E-state index contributed by atoms with van der Waals surface area (Å²) in [5.41, 5.74) is 0.906. The number of Topliss-reactive ketones (excluding diaryl/α,β-unsaturated/α-hetero) is 1. The average molecular weight is 558 g/mol. The summed E-state index contributed by atoms with van der Waals surface area (Å²) in [7, 11) is 0. The van der Waals surface area contributed by atoms with Crippen LogP contribution in [0.15, 0.2) is 101 Å². The summed E-state index contributed by atoms with van der Waals surface area (Å²) < 4.78 is 6.17. The van der Waals surface area contributed by atoms with Gasteiger partial charge in [-0.3, -0.25) is 14.6 Å². The third-order valence-corrected chi connectivity index (χ3v) is 8.82. The molecule has 1 N–H and O–H groups in total. The van der Waals surface area contributed by atoms with Crippen LogP contribution >= 0.6 is 34.7 Å². The number of pyridine rings is 2. The Morgan fingerprint density at radius 2 is 1.84 bits per heavy atom. The van der Waals surface area contributed by atoms with E-state index in [9.17, 15) is 9.59 Å². The number of ketones is 1. The summed E-state index contributed by atoms with van der Waals surface area (Å²) in [6.45, 7) is 0. The van der Waals surface area contributed by atoms with Crippen LogP contribution in [0.3, 0.4) is 0 Å². The van der Waals surface area contributed by atoms with Gasteiger partial charge in [0.2, 0.25) is 11.8 Å². The molecule has 0 saturated carbocycles. The standard InChI is InChI=1S/C29H20ClN3O3S2/c30-20-8-1-2-10-23(20)38-27-21(34)16-29(33-28(27)35,19-13-15-37-17-19)24-11-4-12-25(32-24)36-22-9-3-6-18-7-5-14-31-26(18)22/h1-15,17,27H,16H2,(H,33,35). The minimum atomic E-state index is -1.12. The van der Waals surface area contributed by atoms with Gasteiger partial charge in [-0.1, -0.05) is 48.0 Å². The van der Waals surface area contributed by atoms with Crippen LogP contribution in [0, 0.1) is 0 Å². The normalized spacial score (nSPS) is 19.3. The average Bonchev–Trinajstić information content (AvgIpc) is 3.48. The molecule has 38 heavy (non-hydrogen) atoms. The zero-order valence-corrected chi connectivity index (χ0v) is 22.2. The first-order chi connectivity index (χ1) is 18.5. The number of carbonyl (C=O) groups is 2. The monoisotopic (exact) mass is 557 g/mol. The summed E-state index contributed by atoms with van der Waals surface area (Å²) in [5, 5.41) is 7.52. The van der Waals surface area contributed by atoms with Gasteiger partial charge in [-0.15, -0.1) is 11.8 Å². The van der Waals surface area contributed by atoms with E-state index >= 15 is 0 Å². The lowest BCUT2D eigenvalue weighted by Crippen LogP contribution is -2.58. The van der Waals surface area contributed by atoms with Crippen LogP contribution in [0.5, 0.6) is 11.6 Å². The third-order valence-electron chi connectivity index (χ3n) is 6.37. The molecule has 0 bridgehead atoms. The van der Waals surface area contributed by atoms with E-state index in [2.05, 4.69) is 10.3 Å². The Hall–Kier alpha value is -3.72. The van der Waals surface area contributed by atoms with Crippen LogP contribution in [0.25, 0.3) is 10.9 Å². The maximum absolute atomic E-state index is 13.5. The molecule has 6 nitrogen and oxygen atoms in total. The van der Waals surface area contributed by atoms with Crippen molar-refractivity contribution in [1.29, 1.82) is 0 Å². The van der Waals surface area contributed by atoms with Crippen molar-refractivity contribution in [3.63, 3.8) is 0 Å². The van der Waals surface area contributed by atoms with Crippen LogP contribution in [-0.4, -0.2) is 26.9 Å². The van der Waals surface area contributed by atoms with Gasteiger partial charge in [-0.25, -0.2) is 4.98 Å². The zero-order chi connectivity index (χ0) is 26.1. The van der Waals surface area contributed by atoms with Crippen LogP contribution in [-0.2, 0) is 15.1 Å². The fourth-order valence-electron chi connectivity index (χ4n) is 4.57. The highest BCUT2D eigenvalue weighted by Crippen LogP contribution is 2.41. The Kier molecular flexibility index (Phi) is 6.61. The number of rotatable bonds is 6. The number of thiophene rings is 1. The molecule has 2 atom stereocenters. The Morgan fingerprint density at radius 3 is 2.66 bits per heavy atom. The molecular weight excluding hydrogens is 538 g/mol. The number of carbonyl (C=O) groups excluding carboxylic acids is 2. The number of fused-ring (bicyclic) bond motifs is 1. The quantitative estimate of drug-likeness (QED) is 0.236. The molecule has 6 rings (SSSR count). The number of benzene rings is 2. The van der Waals surface area contributed by atoms with Crippen LogP contribution in [0.4, 0.5) is 0 Å². The lowest BCUT2D eigenvalue weighted by atomic mass is 9.79. The van der Waals surface area contributed by atoms with Crippen molar-refractivity contribution in [2.24, 2.45) is 0 Å². The number of thioether (sulfide) groups is 1. The maximum atomic E-state index is 13.5. The number of para-hydroxylation sites is 1. The third kappa shape index (κ3) is 4.55. The number of aromatic nitrogens is 2. The maximum Gasteiger partial charge on any atom is 0.242 e. The molecule has 0 aliphatic carbocycles. The second-order valence-electron chi connectivity index (χ2n) is 8.77. The van der Waals surface area contributed by atoms with Gasteiger partial charge < -0.3 is 10.1 Å². The van der Waals surface area contributed by atoms with Gasteiger partial charge in [0, 0.05) is 29.0 Å². The number of piperidine rings is 1. The van der Waals surface area contributed by atoms with Crippen molar-refractivity contribution < 1.29 is 14.3 Å². The van der Waals surface area contributed by atoms with Gasteiger partial charge in [0.05, 0.1) is 10.7 Å². The van der Waals surface area contributed by atoms with Crippen molar-refractivity contribution >= 4 is 57.3 Å². The van der Waals surface area contributed by atoms with Gasteiger partial charge in [0.15, 0.2) is 11.5 Å². The molecule has 5 aromatic rings. The number of halogens is 1. The van der Waals surface area contributed by atoms with E-state index in [0.29, 0.717) is 27.2 Å². The predicted octanol–water partition coefficient (Wildman–Crippen LogP) is 6.63. The van der Waals surface area contributed by atoms with Crippen molar-refractivity contribution in [3.05, 3.63) is 112 Å². The van der Waals surface area contributed by atoms with E-state index in [-0.39, 0.29) is 18.1 Å². The molecule has 3 aromatic heterocycles. The highest BCUT2D eigenvalue weighted by Gasteiger charge is 2.48. The summed E-state index contributed by atoms with van der Waals surface area (Å²) in [6.07, 6.45) is 1.76. The number of hydrogen-bond donors (Lipinski definition) is 1. The number of amides is 1. The zero-order valence-electron chi connectivity index (χ0n) is 19.8. The van der Waals surface area contributed by atoms with E-state index in [1.165, 1.54) is 11.3 Å². The summed E-state index contributed by atoms with van der Waals surface area (Å²) in [6, 6.07) is 24.0. The molecule has 9 heteroatoms. The van der Waals surface area contributed by atoms with Crippen LogP contribution < -0.4 is 10.1 Å². The Labute approximate surface area is 232 Å². The van der Waals surface area contributed by atoms with Crippen molar-refractivity contribution in [3.8, 4) is 11.6 Å². The SMILES string of the molecule is O=C1CC(c2ccsc2)(c2cccc(Oc3cccc4cccnc34)n2)NC(=O)C1Sc1ccccc1Cl. The number of hydrogen-bond acceptors (Lipinski definition) is 7. The highest BCUT2D eigenvalue weighted by atomic mass is 35.5. The summed E-state index contributed by atoms with van der Waals surface area (Å²) >= 11 is 8.96. The smallest absolute Gasteiger partial charge is 0.242 e. The molecule has 1 fully saturated rings. The minimum absolute atomic E-state index is 0.0455. The highest BCUT2D eigenvalue weighted by molar-refractivity contribution is 8.01. The Bertz CT molecular complexity index is 1640. The molecule has 188 valence electrons. The van der Waals surface area contributed by atoms with Gasteiger partial charge in [-0.2, -0.15) is 11.3 Å². The lowest BCUT2D eigenvalue weighted by Gasteiger charge is -2.39. The van der Waals surface area contributed by atoms with Crippen molar-refractivity contribution in [2.45, 2.75) is 22.1 Å². The fourth-order valence-corrected chi connectivity index (χ4v) is 6.54. The topological polar surface area (TPSA) is 81.2 Å². The molecule has 1 aliphatic rings. The van der Waals surface area contributed by atoms with E-state index in [1.807, 2.05) is 65.4 Å². The number of ether oxygens (including phenoxy) is 1. The van der Waals surface area contributed by atoms with Gasteiger partial charge >= 0.3 is 0 Å². The van der Waals surface area contributed by atoms with E-state index in [1.54, 1.807) is 30.5 Å². The summed E-state index contributed by atoms with van der Waals surface area (Å²) in [5.74, 6) is 0.321. The lowest BCUT2D eigenvalue weighted by molar-refractivity contribution is -0.133. The molecule has 4 heterocycles. The molecule has 0 radical (unpaired) electrons. The first kappa shape index (κ1) is 24.6. The van der Waals surface area contributed by atoms with Crippen LogP contribution in [0.1, 0.15) is 17.7 Å². The van der Waals surface area contributed by atoms with Crippen molar-refractivity contribution in [1.82, 2.24) is 15.3 Å². The number of nitrogens with zero attached hydrogens (tertiary/aromatic N) is 2. The second kappa shape index (κ2) is 10.2. The first-order valence-electron chi connectivity index (χ1n) is 11.8. The summed E-state index contributed by atoms with van der Waals surface area (Å²) in [4.78, 5) is 36.9. The first-order valence-corrected chi connectivity index (χ1v) is 14.0. The van der Waals surface area contributed by atoms with Crippen molar-refractivity contribution in [2.75, 3.05) is 0 Å². The molecule has 0 spiro atoms. The Morgan fingerprint density at radius 1 is 1.00 bits per heavy atom. The largest absolute Gasteiger partial charge is 0.437 e. The van der Waals surface area contributed by atoms with E-state index in [0.717, 1.165) is 28.2 Å². The van der Waals surface area contributed by atoms with Gasteiger partial charge in [0.1, 0.15) is 16.3 Å². The fraction of sp³-hybridized carbons (Fsp3) is 0.103. The molecular formula is C29H20ClN3O3S2. The molecule has 1 amide bonds. The molecule has 2 aromatic carbocycles. The molecule has 1 saturated heterocycles. The Balaban J connectivity index is 1.35. The second-order valence-corrected chi connectivity index (χ2v) is 11.1. The predicted molar refractivity (Wildman–Crippen MR) is 150 cm³/mol. The number of nitrogens with one attached hydrogen (secondary N) is 1. The minimum Gasteiger partial charge on any atom is -0.437 e. The van der Waals surface area contributed by atoms with E-state index in [4.69, 9.17) is 21.3 Å². The van der Waals surface area contributed by atoms with Gasteiger partial charge in [-0.05, 0) is 52.7 Å². The molecule has 1 aliphatic heterocycles. The van der Waals surface area contributed by atoms with Gasteiger partial charge in [0.25, 0.3) is 0 Å². The van der Waals surface area contributed by atoms with E-state index < -0.39 is 10.8 Å².